The quantitative estimate of drug-likeness (QED) is 0.397. The third-order valence-electron chi connectivity index (χ3n) is 4.29. The Balaban J connectivity index is 2.80. The molecule has 1 atom stereocenters. The van der Waals surface area contributed by atoms with E-state index in [9.17, 15) is 4.79 Å². The molecule has 1 saturated heterocycles. The Labute approximate surface area is 133 Å². The van der Waals surface area contributed by atoms with Crippen LogP contribution in [0.3, 0.4) is 0 Å². The zero-order valence-electron chi connectivity index (χ0n) is 14.0. The summed E-state index contributed by atoms with van der Waals surface area (Å²) in [6.45, 7) is 2.28. The van der Waals surface area contributed by atoms with Crippen LogP contribution in [0.2, 0.25) is 0 Å². The maximum atomic E-state index is 10.8. The minimum atomic E-state index is -2.93. The van der Waals surface area contributed by atoms with Gasteiger partial charge in [-0.15, -0.1) is 0 Å². The number of carbonyl (C=O) groups is 1. The first-order valence-electron chi connectivity index (χ1n) is 7.66. The Morgan fingerprint density at radius 1 is 1.27 bits per heavy atom. The van der Waals surface area contributed by atoms with Crippen molar-refractivity contribution in [2.45, 2.75) is 50.7 Å². The van der Waals surface area contributed by atoms with Gasteiger partial charge in [-0.2, -0.15) is 0 Å². The van der Waals surface area contributed by atoms with Crippen molar-refractivity contribution in [3.05, 3.63) is 11.6 Å². The average molecular weight is 332 g/mol. The van der Waals surface area contributed by atoms with Gasteiger partial charge < -0.3 is 23.1 Å². The molecule has 1 aliphatic heterocycles. The van der Waals surface area contributed by atoms with Crippen LogP contribution >= 0.6 is 0 Å². The first-order chi connectivity index (χ1) is 10.5. The topological polar surface area (TPSA) is 74.2 Å². The molecule has 0 spiro atoms. The van der Waals surface area contributed by atoms with E-state index in [-0.39, 0.29) is 0 Å². The summed E-state index contributed by atoms with van der Waals surface area (Å²) in [6.07, 6.45) is 6.89. The van der Waals surface area contributed by atoms with Crippen LogP contribution in [0.1, 0.15) is 45.4 Å². The van der Waals surface area contributed by atoms with E-state index in [1.54, 1.807) is 34.3 Å². The van der Waals surface area contributed by atoms with Crippen molar-refractivity contribution in [2.24, 2.45) is 0 Å². The van der Waals surface area contributed by atoms with E-state index in [0.29, 0.717) is 18.6 Å². The van der Waals surface area contributed by atoms with E-state index in [1.807, 2.05) is 0 Å². The molecule has 128 valence electrons. The molecule has 0 amide bonds. The molecule has 1 aliphatic rings. The van der Waals surface area contributed by atoms with E-state index in [2.05, 4.69) is 0 Å². The molecule has 0 aliphatic carbocycles. The number of ether oxygens (including phenoxy) is 1. The van der Waals surface area contributed by atoms with Gasteiger partial charge in [-0.3, -0.25) is 0 Å². The van der Waals surface area contributed by atoms with Crippen LogP contribution in [0.5, 0.6) is 0 Å². The summed E-state index contributed by atoms with van der Waals surface area (Å²) in [5.41, 5.74) is 0.368. The lowest BCUT2D eigenvalue weighted by Crippen LogP contribution is -2.66. The largest absolute Gasteiger partial charge is 0.533 e. The summed E-state index contributed by atoms with van der Waals surface area (Å²) in [6, 6.07) is 0. The molecule has 0 aromatic rings. The predicted octanol–water partition coefficient (Wildman–Crippen LogP) is 2.54. The maximum absolute atomic E-state index is 10.8. The van der Waals surface area contributed by atoms with Gasteiger partial charge >= 0.3 is 14.8 Å². The number of carboxylic acids is 1. The molecule has 6 nitrogen and oxygen atoms in total. The summed E-state index contributed by atoms with van der Waals surface area (Å²) < 4.78 is 23.1. The summed E-state index contributed by atoms with van der Waals surface area (Å²) in [7, 11) is 1.89. The molecule has 7 heteroatoms. The Morgan fingerprint density at radius 2 is 1.91 bits per heavy atom. The Morgan fingerprint density at radius 3 is 2.36 bits per heavy atom. The van der Waals surface area contributed by atoms with Gasteiger partial charge in [0.1, 0.15) is 5.22 Å². The average Bonchev–Trinajstić information content (AvgIpc) is 2.54. The number of carboxylic acid groups (broad SMARTS) is 1. The summed E-state index contributed by atoms with van der Waals surface area (Å²) in [5, 5.41) is 8.34. The first kappa shape index (κ1) is 19.3. The highest BCUT2D eigenvalue weighted by atomic mass is 28.4. The smallest absolute Gasteiger partial charge is 0.478 e. The zero-order chi connectivity index (χ0) is 16.6. The Kier molecular flexibility index (Phi) is 7.71. The molecule has 0 radical (unpaired) electrons. The minimum Gasteiger partial charge on any atom is -0.478 e. The lowest BCUT2D eigenvalue weighted by molar-refractivity contribution is -0.132. The maximum Gasteiger partial charge on any atom is 0.533 e. The molecule has 1 rings (SSSR count). The van der Waals surface area contributed by atoms with E-state index in [4.69, 9.17) is 23.1 Å². The molecule has 1 N–H and O–H groups in total. The molecule has 0 aromatic heterocycles. The summed E-state index contributed by atoms with van der Waals surface area (Å²) >= 11 is 0. The summed E-state index contributed by atoms with van der Waals surface area (Å²) in [4.78, 5) is 10.8. The lowest BCUT2D eigenvalue weighted by atomic mass is 10.0. The van der Waals surface area contributed by atoms with E-state index in [1.165, 1.54) is 0 Å². The molecule has 1 fully saturated rings. The molecule has 0 aromatic carbocycles. The fraction of sp³-hybridized carbons (Fsp3) is 0.800. The number of hydrogen-bond acceptors (Lipinski definition) is 5. The van der Waals surface area contributed by atoms with Gasteiger partial charge in [-0.05, 0) is 45.4 Å². The van der Waals surface area contributed by atoms with Gasteiger partial charge in [0.05, 0.1) is 0 Å². The number of unbranched alkanes of at least 4 members (excludes halogenated alkanes) is 1. The van der Waals surface area contributed by atoms with Crippen molar-refractivity contribution < 1.29 is 27.9 Å². The van der Waals surface area contributed by atoms with Crippen LogP contribution in [-0.4, -0.2) is 53.0 Å². The van der Waals surface area contributed by atoms with Gasteiger partial charge in [0.15, 0.2) is 0 Å². The monoisotopic (exact) mass is 332 g/mol. The molecule has 1 unspecified atom stereocenters. The van der Waals surface area contributed by atoms with Crippen molar-refractivity contribution in [1.82, 2.24) is 0 Å². The van der Waals surface area contributed by atoms with Crippen molar-refractivity contribution in [3.8, 4) is 0 Å². The van der Waals surface area contributed by atoms with Crippen molar-refractivity contribution in [3.63, 3.8) is 0 Å². The standard InChI is InChI=1S/C15H28O6Si/c1-13(14(16)17)9-5-6-10-15(11-7-8-12-21-15)22(18-2,19-3)20-4/h9H,5-8,10-12H2,1-4H3,(H,16,17). The summed E-state index contributed by atoms with van der Waals surface area (Å²) in [5.74, 6) is -0.877. The fourth-order valence-electron chi connectivity index (χ4n) is 3.05. The number of aliphatic carboxylic acids is 1. The number of hydrogen-bond donors (Lipinski definition) is 1. The zero-order valence-corrected chi connectivity index (χ0v) is 15.0. The Hall–Kier alpha value is -0.733. The second kappa shape index (κ2) is 8.78. The molecular weight excluding hydrogens is 304 g/mol. The van der Waals surface area contributed by atoms with Crippen molar-refractivity contribution in [1.29, 1.82) is 0 Å². The first-order valence-corrected chi connectivity index (χ1v) is 9.39. The van der Waals surface area contributed by atoms with Crippen molar-refractivity contribution in [2.75, 3.05) is 27.9 Å². The highest BCUT2D eigenvalue weighted by molar-refractivity contribution is 6.64. The normalized spacial score (nSPS) is 23.5. The van der Waals surface area contributed by atoms with Crippen LogP contribution in [0.4, 0.5) is 0 Å². The lowest BCUT2D eigenvalue weighted by Gasteiger charge is -2.45. The van der Waals surface area contributed by atoms with Crippen LogP contribution in [-0.2, 0) is 22.8 Å². The minimum absolute atomic E-state index is 0.368. The fourth-order valence-corrected chi connectivity index (χ4v) is 5.91. The van der Waals surface area contributed by atoms with E-state index in [0.717, 1.165) is 32.1 Å². The third-order valence-corrected chi connectivity index (χ3v) is 7.66. The third kappa shape index (κ3) is 4.17. The van der Waals surface area contributed by atoms with Crippen LogP contribution in [0.15, 0.2) is 11.6 Å². The molecule has 0 bridgehead atoms. The molecule has 22 heavy (non-hydrogen) atoms. The van der Waals surface area contributed by atoms with E-state index < -0.39 is 20.0 Å². The van der Waals surface area contributed by atoms with Gasteiger partial charge in [-0.25, -0.2) is 4.79 Å². The predicted molar refractivity (Wildman–Crippen MR) is 84.6 cm³/mol. The highest BCUT2D eigenvalue weighted by Crippen LogP contribution is 2.39. The second-order valence-electron chi connectivity index (χ2n) is 5.55. The number of rotatable bonds is 9. The van der Waals surface area contributed by atoms with Crippen LogP contribution in [0, 0.1) is 0 Å². The van der Waals surface area contributed by atoms with E-state index >= 15 is 0 Å². The number of allylic oxidation sites excluding steroid dienone is 1. The second-order valence-corrected chi connectivity index (χ2v) is 8.80. The van der Waals surface area contributed by atoms with Crippen LogP contribution in [0.25, 0.3) is 0 Å². The highest BCUT2D eigenvalue weighted by Gasteiger charge is 2.61. The van der Waals surface area contributed by atoms with Gasteiger partial charge in [-0.1, -0.05) is 6.08 Å². The molecular formula is C15H28O6Si. The SMILES string of the molecule is CO[Si](OC)(OC)C1(CCCC=C(C)C(=O)O)CCCCO1. The van der Waals surface area contributed by atoms with Crippen LogP contribution < -0.4 is 0 Å². The van der Waals surface area contributed by atoms with Gasteiger partial charge in [0.2, 0.25) is 0 Å². The van der Waals surface area contributed by atoms with Gasteiger partial charge in [0, 0.05) is 33.5 Å². The molecule has 0 saturated carbocycles. The molecule has 1 heterocycles. The van der Waals surface area contributed by atoms with Gasteiger partial charge in [0.25, 0.3) is 0 Å². The Bertz CT molecular complexity index is 377. The van der Waals surface area contributed by atoms with Crippen molar-refractivity contribution >= 4 is 14.8 Å².